The van der Waals surface area contributed by atoms with E-state index in [0.29, 0.717) is 12.1 Å². The SMILES string of the molecule is Cc1cc(C)n(Cc2cccc(C(=O)N[C@](C)(C(=O)O)C3CC3)c2)n1. The molecule has 1 aliphatic rings. The number of benzene rings is 1. The molecule has 0 bridgehead atoms. The van der Waals surface area contributed by atoms with Crippen LogP contribution in [0, 0.1) is 19.8 Å². The highest BCUT2D eigenvalue weighted by Crippen LogP contribution is 2.39. The van der Waals surface area contributed by atoms with Crippen LogP contribution in [0.15, 0.2) is 30.3 Å². The van der Waals surface area contributed by atoms with Crippen LogP contribution in [-0.2, 0) is 11.3 Å². The molecular formula is C19H23N3O3. The maximum Gasteiger partial charge on any atom is 0.329 e. The van der Waals surface area contributed by atoms with Crippen molar-refractivity contribution in [1.29, 1.82) is 0 Å². The third-order valence-electron chi connectivity index (χ3n) is 4.84. The highest BCUT2D eigenvalue weighted by atomic mass is 16.4. The van der Waals surface area contributed by atoms with Crippen LogP contribution >= 0.6 is 0 Å². The Labute approximate surface area is 146 Å². The molecule has 1 aliphatic carbocycles. The standard InChI is InChI=1S/C19H23N3O3/c1-12-9-13(2)22(21-12)11-14-5-4-6-15(10-14)17(23)20-19(3,18(24)25)16-7-8-16/h4-6,9-10,16H,7-8,11H2,1-3H3,(H,20,23)(H,24,25)/t19-/m0/s1. The van der Waals surface area contributed by atoms with Gasteiger partial charge in [-0.05, 0) is 63.3 Å². The van der Waals surface area contributed by atoms with Crippen LogP contribution in [0.25, 0.3) is 0 Å². The molecular weight excluding hydrogens is 318 g/mol. The Morgan fingerprint density at radius 1 is 1.32 bits per heavy atom. The molecule has 1 saturated carbocycles. The van der Waals surface area contributed by atoms with E-state index in [-0.39, 0.29) is 11.8 Å². The third kappa shape index (κ3) is 3.57. The maximum atomic E-state index is 12.6. The van der Waals surface area contributed by atoms with Crippen LogP contribution in [0.4, 0.5) is 0 Å². The molecule has 1 fully saturated rings. The quantitative estimate of drug-likeness (QED) is 0.845. The number of aromatic nitrogens is 2. The first-order chi connectivity index (χ1) is 11.8. The van der Waals surface area contributed by atoms with Crippen LogP contribution in [0.5, 0.6) is 0 Å². The number of rotatable bonds is 6. The van der Waals surface area contributed by atoms with Crippen LogP contribution in [0.3, 0.4) is 0 Å². The van der Waals surface area contributed by atoms with Gasteiger partial charge in [-0.25, -0.2) is 4.79 Å². The summed E-state index contributed by atoms with van der Waals surface area (Å²) in [6, 6.07) is 9.25. The Hall–Kier alpha value is -2.63. The molecule has 1 aromatic carbocycles. The summed E-state index contributed by atoms with van der Waals surface area (Å²) in [5, 5.41) is 16.6. The van der Waals surface area contributed by atoms with Gasteiger partial charge in [0.1, 0.15) is 5.54 Å². The number of carbonyl (C=O) groups is 2. The molecule has 1 amide bonds. The molecule has 0 spiro atoms. The minimum atomic E-state index is -1.21. The molecule has 0 aliphatic heterocycles. The normalized spacial score (nSPS) is 16.3. The number of amides is 1. The summed E-state index contributed by atoms with van der Waals surface area (Å²) in [5.74, 6) is -1.33. The Morgan fingerprint density at radius 2 is 2.04 bits per heavy atom. The van der Waals surface area contributed by atoms with E-state index in [9.17, 15) is 14.7 Å². The van der Waals surface area contributed by atoms with E-state index in [1.54, 1.807) is 19.1 Å². The Kier molecular flexibility index (Phi) is 4.37. The second kappa shape index (κ2) is 6.35. The van der Waals surface area contributed by atoms with E-state index in [1.807, 2.05) is 36.7 Å². The van der Waals surface area contributed by atoms with Gasteiger partial charge in [0.15, 0.2) is 0 Å². The molecule has 1 atom stereocenters. The van der Waals surface area contributed by atoms with Gasteiger partial charge in [-0.2, -0.15) is 5.10 Å². The first-order valence-electron chi connectivity index (χ1n) is 8.45. The summed E-state index contributed by atoms with van der Waals surface area (Å²) in [6.45, 7) is 6.09. The van der Waals surface area contributed by atoms with Crippen molar-refractivity contribution in [1.82, 2.24) is 15.1 Å². The van der Waals surface area contributed by atoms with E-state index >= 15 is 0 Å². The van der Waals surface area contributed by atoms with Gasteiger partial charge in [0.25, 0.3) is 5.91 Å². The molecule has 0 radical (unpaired) electrons. The zero-order chi connectivity index (χ0) is 18.2. The van der Waals surface area contributed by atoms with E-state index in [2.05, 4.69) is 10.4 Å². The number of carboxylic acid groups (broad SMARTS) is 1. The highest BCUT2D eigenvalue weighted by Gasteiger charge is 2.48. The van der Waals surface area contributed by atoms with Gasteiger partial charge in [0, 0.05) is 11.3 Å². The van der Waals surface area contributed by atoms with Crippen LogP contribution in [-0.4, -0.2) is 32.3 Å². The number of nitrogens with zero attached hydrogens (tertiary/aromatic N) is 2. The summed E-state index contributed by atoms with van der Waals surface area (Å²) in [5.41, 5.74) is 2.21. The molecule has 1 heterocycles. The topological polar surface area (TPSA) is 84.2 Å². The molecule has 2 aromatic rings. The lowest BCUT2D eigenvalue weighted by atomic mass is 9.95. The summed E-state index contributed by atoms with van der Waals surface area (Å²) >= 11 is 0. The highest BCUT2D eigenvalue weighted by molar-refractivity contribution is 5.98. The number of aliphatic carboxylic acids is 1. The lowest BCUT2D eigenvalue weighted by molar-refractivity contribution is -0.144. The van der Waals surface area contributed by atoms with Crippen molar-refractivity contribution in [2.45, 2.75) is 45.7 Å². The molecule has 2 N–H and O–H groups in total. The molecule has 6 nitrogen and oxygen atoms in total. The summed E-state index contributed by atoms with van der Waals surface area (Å²) in [6.07, 6.45) is 1.67. The molecule has 132 valence electrons. The number of nitrogens with one attached hydrogen (secondary N) is 1. The summed E-state index contributed by atoms with van der Waals surface area (Å²) in [4.78, 5) is 24.2. The average molecular weight is 341 g/mol. The molecule has 25 heavy (non-hydrogen) atoms. The smallest absolute Gasteiger partial charge is 0.329 e. The number of hydrogen-bond donors (Lipinski definition) is 2. The van der Waals surface area contributed by atoms with E-state index in [4.69, 9.17) is 0 Å². The van der Waals surface area contributed by atoms with Crippen LogP contribution in [0.1, 0.15) is 47.1 Å². The van der Waals surface area contributed by atoms with Gasteiger partial charge in [-0.3, -0.25) is 9.48 Å². The molecule has 0 saturated heterocycles. The lowest BCUT2D eigenvalue weighted by Gasteiger charge is -2.26. The second-order valence-electron chi connectivity index (χ2n) is 7.02. The minimum Gasteiger partial charge on any atom is -0.480 e. The number of carbonyl (C=O) groups excluding carboxylic acids is 1. The van der Waals surface area contributed by atoms with Gasteiger partial charge >= 0.3 is 5.97 Å². The van der Waals surface area contributed by atoms with Crippen molar-refractivity contribution in [3.8, 4) is 0 Å². The first-order valence-corrected chi connectivity index (χ1v) is 8.45. The van der Waals surface area contributed by atoms with E-state index in [0.717, 1.165) is 29.8 Å². The molecule has 0 unspecified atom stereocenters. The van der Waals surface area contributed by atoms with Crippen molar-refractivity contribution in [3.63, 3.8) is 0 Å². The van der Waals surface area contributed by atoms with E-state index in [1.165, 1.54) is 0 Å². The third-order valence-corrected chi connectivity index (χ3v) is 4.84. The monoisotopic (exact) mass is 341 g/mol. The molecule has 1 aromatic heterocycles. The van der Waals surface area contributed by atoms with Gasteiger partial charge in [0.2, 0.25) is 0 Å². The lowest BCUT2D eigenvalue weighted by Crippen LogP contribution is -2.54. The predicted octanol–water partition coefficient (Wildman–Crippen LogP) is 2.53. The van der Waals surface area contributed by atoms with Gasteiger partial charge < -0.3 is 10.4 Å². The fourth-order valence-electron chi connectivity index (χ4n) is 3.12. The Balaban J connectivity index is 1.77. The Morgan fingerprint density at radius 3 is 2.60 bits per heavy atom. The van der Waals surface area contributed by atoms with Gasteiger partial charge in [-0.1, -0.05) is 12.1 Å². The predicted molar refractivity (Wildman–Crippen MR) is 93.5 cm³/mol. The summed E-state index contributed by atoms with van der Waals surface area (Å²) in [7, 11) is 0. The van der Waals surface area contributed by atoms with Crippen LogP contribution in [0.2, 0.25) is 0 Å². The van der Waals surface area contributed by atoms with Crippen molar-refractivity contribution in [3.05, 3.63) is 52.8 Å². The van der Waals surface area contributed by atoms with Crippen LogP contribution < -0.4 is 5.32 Å². The second-order valence-corrected chi connectivity index (χ2v) is 7.02. The zero-order valence-electron chi connectivity index (χ0n) is 14.7. The summed E-state index contributed by atoms with van der Waals surface area (Å²) < 4.78 is 1.89. The minimum absolute atomic E-state index is 0.00633. The molecule has 6 heteroatoms. The number of hydrogen-bond acceptors (Lipinski definition) is 3. The van der Waals surface area contributed by atoms with Crippen molar-refractivity contribution >= 4 is 11.9 Å². The fourth-order valence-corrected chi connectivity index (χ4v) is 3.12. The fraction of sp³-hybridized carbons (Fsp3) is 0.421. The Bertz CT molecular complexity index is 823. The first kappa shape index (κ1) is 17.2. The van der Waals surface area contributed by atoms with E-state index < -0.39 is 11.5 Å². The zero-order valence-corrected chi connectivity index (χ0v) is 14.7. The number of carboxylic acids is 1. The van der Waals surface area contributed by atoms with Crippen molar-refractivity contribution in [2.75, 3.05) is 0 Å². The van der Waals surface area contributed by atoms with Crippen molar-refractivity contribution in [2.24, 2.45) is 5.92 Å². The molecule has 3 rings (SSSR count). The van der Waals surface area contributed by atoms with Gasteiger partial charge in [-0.15, -0.1) is 0 Å². The maximum absolute atomic E-state index is 12.6. The van der Waals surface area contributed by atoms with Gasteiger partial charge in [0.05, 0.1) is 12.2 Å². The number of aryl methyl sites for hydroxylation is 2. The average Bonchev–Trinajstić information content (AvgIpc) is 3.35. The van der Waals surface area contributed by atoms with Crippen molar-refractivity contribution < 1.29 is 14.7 Å². The largest absolute Gasteiger partial charge is 0.480 e.